The number of aryl methyl sites for hydroxylation is 1. The molecule has 0 bridgehead atoms. The minimum absolute atomic E-state index is 0.171. The molecule has 1 N–H and O–H groups in total. The Morgan fingerprint density at radius 3 is 2.57 bits per heavy atom. The third-order valence-electron chi connectivity index (χ3n) is 2.54. The van der Waals surface area contributed by atoms with Gasteiger partial charge in [-0.25, -0.2) is 4.98 Å². The highest BCUT2D eigenvalue weighted by molar-refractivity contribution is 6.42. The minimum atomic E-state index is -0.596. The van der Waals surface area contributed by atoms with E-state index in [0.29, 0.717) is 5.02 Å². The van der Waals surface area contributed by atoms with Gasteiger partial charge >= 0.3 is 11.6 Å². The van der Waals surface area contributed by atoms with Crippen LogP contribution in [0, 0.1) is 17.0 Å². The van der Waals surface area contributed by atoms with Crippen LogP contribution in [-0.2, 0) is 0 Å². The second kappa shape index (κ2) is 6.11. The highest BCUT2D eigenvalue weighted by Crippen LogP contribution is 2.34. The van der Waals surface area contributed by atoms with Crippen LogP contribution in [0.5, 0.6) is 11.6 Å². The average Bonchev–Trinajstić information content (AvgIpc) is 2.41. The van der Waals surface area contributed by atoms with Crippen molar-refractivity contribution in [3.05, 3.63) is 44.1 Å². The number of benzene rings is 1. The molecule has 0 unspecified atom stereocenters. The first kappa shape index (κ1) is 15.3. The Labute approximate surface area is 130 Å². The molecule has 0 aliphatic rings. The number of nitrogens with one attached hydrogen (secondary N) is 1. The van der Waals surface area contributed by atoms with E-state index in [2.05, 4.69) is 15.3 Å². The van der Waals surface area contributed by atoms with Gasteiger partial charge in [-0.2, -0.15) is 4.98 Å². The molecular weight excluding hydrogens is 319 g/mol. The van der Waals surface area contributed by atoms with E-state index >= 15 is 0 Å². The predicted molar refractivity (Wildman–Crippen MR) is 79.5 cm³/mol. The largest absolute Gasteiger partial charge is 0.434 e. The van der Waals surface area contributed by atoms with Crippen LogP contribution < -0.4 is 10.1 Å². The van der Waals surface area contributed by atoms with Gasteiger partial charge in [-0.15, -0.1) is 0 Å². The summed E-state index contributed by atoms with van der Waals surface area (Å²) in [6.07, 6.45) is 0. The van der Waals surface area contributed by atoms with Gasteiger partial charge < -0.3 is 10.1 Å². The van der Waals surface area contributed by atoms with Crippen LogP contribution in [0.4, 0.5) is 11.6 Å². The van der Waals surface area contributed by atoms with Crippen LogP contribution in [0.2, 0.25) is 10.0 Å². The van der Waals surface area contributed by atoms with E-state index in [1.54, 1.807) is 7.05 Å². The third-order valence-corrected chi connectivity index (χ3v) is 3.28. The number of halogens is 2. The van der Waals surface area contributed by atoms with Crippen LogP contribution in [0.3, 0.4) is 0 Å². The maximum absolute atomic E-state index is 11.1. The van der Waals surface area contributed by atoms with Gasteiger partial charge in [0.05, 0.1) is 15.0 Å². The monoisotopic (exact) mass is 328 g/mol. The normalized spacial score (nSPS) is 10.3. The fourth-order valence-electron chi connectivity index (χ4n) is 1.59. The Bertz CT molecular complexity index is 709. The highest BCUT2D eigenvalue weighted by atomic mass is 35.5. The lowest BCUT2D eigenvalue weighted by molar-refractivity contribution is -0.386. The molecule has 0 aliphatic carbocycles. The average molecular weight is 329 g/mol. The maximum Gasteiger partial charge on any atom is 0.352 e. The van der Waals surface area contributed by atoms with E-state index in [0.717, 1.165) is 0 Å². The van der Waals surface area contributed by atoms with E-state index in [1.807, 2.05) is 0 Å². The summed E-state index contributed by atoms with van der Waals surface area (Å²) in [5.41, 5.74) is -0.116. The topological polar surface area (TPSA) is 90.2 Å². The van der Waals surface area contributed by atoms with Crippen molar-refractivity contribution in [1.29, 1.82) is 0 Å². The van der Waals surface area contributed by atoms with Crippen molar-refractivity contribution in [1.82, 2.24) is 9.97 Å². The molecule has 2 rings (SSSR count). The summed E-state index contributed by atoms with van der Waals surface area (Å²) in [5.74, 6) is 0.330. The number of anilines is 1. The fourth-order valence-corrected chi connectivity index (χ4v) is 1.87. The van der Waals surface area contributed by atoms with Crippen LogP contribution in [0.15, 0.2) is 18.2 Å². The summed E-state index contributed by atoms with van der Waals surface area (Å²) in [6.45, 7) is 1.50. The first-order valence-electron chi connectivity index (χ1n) is 5.76. The first-order chi connectivity index (χ1) is 9.92. The molecule has 0 aliphatic heterocycles. The first-order valence-corrected chi connectivity index (χ1v) is 6.51. The molecular formula is C12H10Cl2N4O3. The lowest BCUT2D eigenvalue weighted by Crippen LogP contribution is -2.05. The molecule has 0 saturated heterocycles. The second-order valence-corrected chi connectivity index (χ2v) is 4.79. The number of nitro groups is 1. The Kier molecular flexibility index (Phi) is 4.44. The number of hydrogen-bond donors (Lipinski definition) is 1. The summed E-state index contributed by atoms with van der Waals surface area (Å²) in [6, 6.07) is 4.51. The summed E-state index contributed by atoms with van der Waals surface area (Å²) in [5, 5.41) is 14.5. The molecule has 1 heterocycles. The molecule has 0 amide bonds. The smallest absolute Gasteiger partial charge is 0.352 e. The van der Waals surface area contributed by atoms with Gasteiger partial charge in [0.2, 0.25) is 5.95 Å². The van der Waals surface area contributed by atoms with Gasteiger partial charge in [0, 0.05) is 13.1 Å². The molecule has 1 aromatic heterocycles. The van der Waals surface area contributed by atoms with Gasteiger partial charge in [0.25, 0.3) is 0 Å². The molecule has 0 saturated carbocycles. The zero-order chi connectivity index (χ0) is 15.6. The number of hydrogen-bond acceptors (Lipinski definition) is 6. The van der Waals surface area contributed by atoms with E-state index < -0.39 is 4.92 Å². The standard InChI is InChI=1S/C12H10Cl2N4O3/c1-6-10(18(19)20)11(17-12(15-2)16-6)21-7-3-4-8(13)9(14)5-7/h3-5H,1-2H3,(H,15,16,17). The molecule has 0 atom stereocenters. The number of rotatable bonds is 4. The van der Waals surface area contributed by atoms with E-state index in [1.165, 1.54) is 25.1 Å². The highest BCUT2D eigenvalue weighted by Gasteiger charge is 2.24. The summed E-state index contributed by atoms with van der Waals surface area (Å²) < 4.78 is 5.45. The number of ether oxygens (including phenoxy) is 1. The van der Waals surface area contributed by atoms with Crippen molar-refractivity contribution in [3.63, 3.8) is 0 Å². The van der Waals surface area contributed by atoms with Crippen LogP contribution >= 0.6 is 23.2 Å². The van der Waals surface area contributed by atoms with Gasteiger partial charge in [0.1, 0.15) is 11.4 Å². The van der Waals surface area contributed by atoms with Crippen molar-refractivity contribution in [2.45, 2.75) is 6.92 Å². The van der Waals surface area contributed by atoms with Crippen LogP contribution in [0.25, 0.3) is 0 Å². The van der Waals surface area contributed by atoms with E-state index in [9.17, 15) is 10.1 Å². The van der Waals surface area contributed by atoms with E-state index in [-0.39, 0.29) is 34.0 Å². The van der Waals surface area contributed by atoms with Crippen LogP contribution in [0.1, 0.15) is 5.69 Å². The quantitative estimate of drug-likeness (QED) is 0.677. The molecule has 110 valence electrons. The molecule has 0 fully saturated rings. The predicted octanol–water partition coefficient (Wildman–Crippen LogP) is 3.83. The van der Waals surface area contributed by atoms with E-state index in [4.69, 9.17) is 27.9 Å². The Hall–Kier alpha value is -2.12. The van der Waals surface area contributed by atoms with Crippen molar-refractivity contribution >= 4 is 34.8 Å². The minimum Gasteiger partial charge on any atom is -0.434 e. The van der Waals surface area contributed by atoms with Gasteiger partial charge in [-0.1, -0.05) is 23.2 Å². The lowest BCUT2D eigenvalue weighted by atomic mass is 10.3. The fraction of sp³-hybridized carbons (Fsp3) is 0.167. The molecule has 0 radical (unpaired) electrons. The van der Waals surface area contributed by atoms with Gasteiger partial charge in [-0.3, -0.25) is 10.1 Å². The molecule has 0 spiro atoms. The lowest BCUT2D eigenvalue weighted by Gasteiger charge is -2.09. The molecule has 9 heteroatoms. The zero-order valence-electron chi connectivity index (χ0n) is 11.1. The van der Waals surface area contributed by atoms with Crippen molar-refractivity contribution in [2.75, 3.05) is 12.4 Å². The van der Waals surface area contributed by atoms with Crippen molar-refractivity contribution in [2.24, 2.45) is 0 Å². The molecule has 21 heavy (non-hydrogen) atoms. The number of aromatic nitrogens is 2. The SMILES string of the molecule is CNc1nc(C)c([N+](=O)[O-])c(Oc2ccc(Cl)c(Cl)c2)n1. The molecule has 2 aromatic rings. The zero-order valence-corrected chi connectivity index (χ0v) is 12.6. The Balaban J connectivity index is 2.48. The second-order valence-electron chi connectivity index (χ2n) is 3.97. The summed E-state index contributed by atoms with van der Waals surface area (Å²) in [4.78, 5) is 18.5. The third kappa shape index (κ3) is 3.32. The Morgan fingerprint density at radius 1 is 1.29 bits per heavy atom. The summed E-state index contributed by atoms with van der Waals surface area (Å²) in [7, 11) is 1.60. The van der Waals surface area contributed by atoms with Gasteiger partial charge in [0.15, 0.2) is 0 Å². The molecule has 7 nitrogen and oxygen atoms in total. The summed E-state index contributed by atoms with van der Waals surface area (Å²) >= 11 is 11.7. The number of nitrogens with zero attached hydrogens (tertiary/aromatic N) is 3. The van der Waals surface area contributed by atoms with Crippen LogP contribution in [-0.4, -0.2) is 21.9 Å². The Morgan fingerprint density at radius 2 is 2.00 bits per heavy atom. The van der Waals surface area contributed by atoms with Crippen molar-refractivity contribution in [3.8, 4) is 11.6 Å². The van der Waals surface area contributed by atoms with Gasteiger partial charge in [-0.05, 0) is 19.1 Å². The maximum atomic E-state index is 11.1. The molecule has 1 aromatic carbocycles. The van der Waals surface area contributed by atoms with Crippen molar-refractivity contribution < 1.29 is 9.66 Å².